The van der Waals surface area contributed by atoms with Crippen molar-refractivity contribution in [1.82, 2.24) is 0 Å². The fraction of sp³-hybridized carbons (Fsp3) is 0.174. The maximum absolute atomic E-state index is 13.3. The van der Waals surface area contributed by atoms with Crippen molar-refractivity contribution >= 4 is 23.4 Å². The van der Waals surface area contributed by atoms with Crippen LogP contribution in [0.3, 0.4) is 0 Å². The van der Waals surface area contributed by atoms with E-state index >= 15 is 0 Å². The first-order chi connectivity index (χ1) is 13.2. The lowest BCUT2D eigenvalue weighted by atomic mass is 9.84. The lowest BCUT2D eigenvalue weighted by Crippen LogP contribution is -2.43. The van der Waals surface area contributed by atoms with Crippen molar-refractivity contribution in [3.63, 3.8) is 0 Å². The van der Waals surface area contributed by atoms with Gasteiger partial charge < -0.3 is 9.64 Å². The van der Waals surface area contributed by atoms with E-state index in [0.29, 0.717) is 0 Å². The van der Waals surface area contributed by atoms with E-state index < -0.39 is 0 Å². The molecule has 1 heterocycles. The van der Waals surface area contributed by atoms with Crippen LogP contribution < -0.4 is 9.64 Å². The number of anilines is 1. The largest absolute Gasteiger partial charge is 0.497 e. The first-order valence-electron chi connectivity index (χ1n) is 8.91. The average molecular weight is 375 g/mol. The van der Waals surface area contributed by atoms with Gasteiger partial charge in [0.15, 0.2) is 0 Å². The van der Waals surface area contributed by atoms with Crippen LogP contribution in [0.1, 0.15) is 17.0 Å². The lowest BCUT2D eigenvalue weighted by Gasteiger charge is -2.37. The minimum absolute atomic E-state index is 0.0122. The summed E-state index contributed by atoms with van der Waals surface area (Å²) in [5, 5.41) is -0.222. The average Bonchev–Trinajstić information content (AvgIpc) is 2.73. The van der Waals surface area contributed by atoms with Gasteiger partial charge in [0.2, 0.25) is 5.91 Å². The summed E-state index contributed by atoms with van der Waals surface area (Å²) < 4.78 is 5.25. The summed E-state index contributed by atoms with van der Waals surface area (Å²) in [5.41, 5.74) is 3.34. The molecular weight excluding hydrogens is 354 g/mol. The minimum atomic E-state index is -0.222. The molecular formula is C23H21NO2S. The third-order valence-corrected chi connectivity index (χ3v) is 6.26. The molecule has 2 atom stereocenters. The van der Waals surface area contributed by atoms with Crippen LogP contribution in [0.4, 0.5) is 5.69 Å². The number of ether oxygens (including phenoxy) is 1. The van der Waals surface area contributed by atoms with E-state index in [1.54, 1.807) is 23.8 Å². The lowest BCUT2D eigenvalue weighted by molar-refractivity contribution is -0.118. The summed E-state index contributed by atoms with van der Waals surface area (Å²) >= 11 is 1.62. The molecule has 3 aromatic rings. The molecule has 1 aliphatic heterocycles. The Morgan fingerprint density at radius 3 is 2.26 bits per heavy atom. The zero-order valence-corrected chi connectivity index (χ0v) is 16.1. The van der Waals surface area contributed by atoms with E-state index in [0.717, 1.165) is 21.9 Å². The van der Waals surface area contributed by atoms with E-state index in [-0.39, 0.29) is 17.1 Å². The van der Waals surface area contributed by atoms with Gasteiger partial charge in [0, 0.05) is 23.5 Å². The van der Waals surface area contributed by atoms with Crippen molar-refractivity contribution in [3.05, 3.63) is 90.0 Å². The van der Waals surface area contributed by atoms with Crippen molar-refractivity contribution in [2.24, 2.45) is 0 Å². The van der Waals surface area contributed by atoms with Crippen LogP contribution in [0, 0.1) is 0 Å². The third kappa shape index (κ3) is 3.33. The molecule has 1 amide bonds. The van der Waals surface area contributed by atoms with Gasteiger partial charge in [-0.1, -0.05) is 48.5 Å². The molecule has 0 bridgehead atoms. The van der Waals surface area contributed by atoms with Gasteiger partial charge in [-0.3, -0.25) is 4.79 Å². The monoisotopic (exact) mass is 375 g/mol. The molecule has 0 radical (unpaired) electrons. The number of methoxy groups -OCH3 is 1. The van der Waals surface area contributed by atoms with Crippen molar-refractivity contribution in [2.75, 3.05) is 19.1 Å². The summed E-state index contributed by atoms with van der Waals surface area (Å²) in [6, 6.07) is 26.4. The number of benzene rings is 3. The number of nitrogens with zero attached hydrogens (tertiary/aromatic N) is 1. The molecule has 0 aromatic heterocycles. The predicted octanol–water partition coefficient (Wildman–Crippen LogP) is 4.96. The number of amides is 1. The summed E-state index contributed by atoms with van der Waals surface area (Å²) in [6.45, 7) is 0. The topological polar surface area (TPSA) is 29.5 Å². The maximum atomic E-state index is 13.3. The van der Waals surface area contributed by atoms with Gasteiger partial charge in [-0.05, 0) is 41.5 Å². The van der Waals surface area contributed by atoms with Crippen molar-refractivity contribution in [3.8, 4) is 5.75 Å². The molecule has 0 aliphatic carbocycles. The molecule has 0 unspecified atom stereocenters. The zero-order chi connectivity index (χ0) is 18.8. The second kappa shape index (κ2) is 7.49. The smallest absolute Gasteiger partial charge is 0.241 e. The van der Waals surface area contributed by atoms with Crippen LogP contribution >= 0.6 is 11.8 Å². The number of hydrogen-bond donors (Lipinski definition) is 0. The zero-order valence-electron chi connectivity index (χ0n) is 15.3. The fourth-order valence-electron chi connectivity index (χ4n) is 3.61. The van der Waals surface area contributed by atoms with Crippen molar-refractivity contribution < 1.29 is 9.53 Å². The van der Waals surface area contributed by atoms with E-state index in [4.69, 9.17) is 4.74 Å². The second-order valence-corrected chi connectivity index (χ2v) is 7.77. The van der Waals surface area contributed by atoms with Gasteiger partial charge in [0.1, 0.15) is 5.75 Å². The molecule has 0 fully saturated rings. The SMILES string of the molecule is COc1ccc(S[C@H]2C(=O)N(C)c3ccccc3[C@H]2c2ccccc2)cc1. The minimum Gasteiger partial charge on any atom is -0.497 e. The Bertz CT molecular complexity index is 940. The highest BCUT2D eigenvalue weighted by Gasteiger charge is 2.40. The standard InChI is InChI=1S/C23H21NO2S/c1-24-20-11-7-6-10-19(20)21(16-8-4-3-5-9-16)22(23(24)25)27-18-14-12-17(26-2)13-15-18/h3-15,21-22H,1-2H3/t21-,22-/m1/s1. The van der Waals surface area contributed by atoms with E-state index in [9.17, 15) is 4.79 Å². The van der Waals surface area contributed by atoms with Gasteiger partial charge >= 0.3 is 0 Å². The van der Waals surface area contributed by atoms with Gasteiger partial charge in [-0.2, -0.15) is 0 Å². The van der Waals surface area contributed by atoms with Gasteiger partial charge in [0.05, 0.1) is 12.4 Å². The number of hydrogen-bond acceptors (Lipinski definition) is 3. The van der Waals surface area contributed by atoms with Gasteiger partial charge in [-0.25, -0.2) is 0 Å². The molecule has 4 rings (SSSR count). The van der Waals surface area contributed by atoms with Gasteiger partial charge in [-0.15, -0.1) is 11.8 Å². The first-order valence-corrected chi connectivity index (χ1v) is 9.79. The van der Waals surface area contributed by atoms with Gasteiger partial charge in [0.25, 0.3) is 0 Å². The predicted molar refractivity (Wildman–Crippen MR) is 111 cm³/mol. The first kappa shape index (κ1) is 17.7. The van der Waals surface area contributed by atoms with E-state index in [2.05, 4.69) is 18.2 Å². The van der Waals surface area contributed by atoms with E-state index in [1.165, 1.54) is 5.56 Å². The van der Waals surface area contributed by atoms with Crippen LogP contribution in [0.5, 0.6) is 5.75 Å². The summed E-state index contributed by atoms with van der Waals surface area (Å²) in [7, 11) is 3.52. The molecule has 0 spiro atoms. The maximum Gasteiger partial charge on any atom is 0.241 e. The van der Waals surface area contributed by atoms with E-state index in [1.807, 2.05) is 67.7 Å². The Kier molecular flexibility index (Phi) is 4.90. The fourth-order valence-corrected chi connectivity index (χ4v) is 4.89. The number of fused-ring (bicyclic) bond motifs is 1. The Morgan fingerprint density at radius 2 is 1.56 bits per heavy atom. The van der Waals surface area contributed by atoms with Crippen LogP contribution in [0.2, 0.25) is 0 Å². The molecule has 136 valence electrons. The molecule has 1 aliphatic rings. The molecule has 0 saturated carbocycles. The molecule has 0 saturated heterocycles. The Hall–Kier alpha value is -2.72. The van der Waals surface area contributed by atoms with Crippen molar-refractivity contribution in [1.29, 1.82) is 0 Å². The summed E-state index contributed by atoms with van der Waals surface area (Å²) in [6.07, 6.45) is 0. The van der Waals surface area contributed by atoms with Crippen LogP contribution in [0.25, 0.3) is 0 Å². The van der Waals surface area contributed by atoms with Crippen LogP contribution in [-0.4, -0.2) is 25.3 Å². The number of carbonyl (C=O) groups is 1. The molecule has 3 aromatic carbocycles. The number of thioether (sulfide) groups is 1. The third-order valence-electron chi connectivity index (χ3n) is 4.99. The molecule has 0 N–H and O–H groups in total. The summed E-state index contributed by atoms with van der Waals surface area (Å²) in [4.78, 5) is 16.1. The molecule has 3 nitrogen and oxygen atoms in total. The second-order valence-electron chi connectivity index (χ2n) is 6.56. The summed E-state index contributed by atoms with van der Waals surface area (Å²) in [5.74, 6) is 0.956. The molecule has 4 heteroatoms. The van der Waals surface area contributed by atoms with Crippen LogP contribution in [-0.2, 0) is 4.79 Å². The highest BCUT2D eigenvalue weighted by atomic mass is 32.2. The number of rotatable bonds is 4. The normalized spacial score (nSPS) is 18.9. The number of para-hydroxylation sites is 1. The Morgan fingerprint density at radius 1 is 0.889 bits per heavy atom. The Labute approximate surface area is 164 Å². The quantitative estimate of drug-likeness (QED) is 0.645. The Balaban J connectivity index is 1.78. The number of carbonyl (C=O) groups excluding carboxylic acids is 1. The van der Waals surface area contributed by atoms with Crippen molar-refractivity contribution in [2.45, 2.75) is 16.1 Å². The molecule has 27 heavy (non-hydrogen) atoms. The highest BCUT2D eigenvalue weighted by molar-refractivity contribution is 8.00. The highest BCUT2D eigenvalue weighted by Crippen LogP contribution is 2.46. The van der Waals surface area contributed by atoms with Crippen LogP contribution in [0.15, 0.2) is 83.8 Å².